The summed E-state index contributed by atoms with van der Waals surface area (Å²) in [5.74, 6) is 0. The molecule has 0 saturated heterocycles. The lowest BCUT2D eigenvalue weighted by Gasteiger charge is -2.35. The molecule has 2 unspecified atom stereocenters. The Morgan fingerprint density at radius 3 is 2.50 bits per heavy atom. The first-order valence-electron chi connectivity index (χ1n) is 5.71. The van der Waals surface area contributed by atoms with Gasteiger partial charge in [0.25, 0.3) is 0 Å². The van der Waals surface area contributed by atoms with Crippen LogP contribution in [0.4, 0.5) is 0 Å². The van der Waals surface area contributed by atoms with Crippen LogP contribution >= 0.6 is 11.3 Å². The predicted molar refractivity (Wildman–Crippen MR) is 71.1 cm³/mol. The maximum absolute atomic E-state index is 5.66. The highest BCUT2D eigenvalue weighted by atomic mass is 32.1. The Morgan fingerprint density at radius 2 is 2.12 bits per heavy atom. The first-order valence-corrected chi connectivity index (χ1v) is 6.59. The van der Waals surface area contributed by atoms with Crippen LogP contribution in [0.25, 0.3) is 0 Å². The Bertz CT molecular complexity index is 289. The highest BCUT2D eigenvalue weighted by Gasteiger charge is 2.31. The van der Waals surface area contributed by atoms with Crippen molar-refractivity contribution in [1.82, 2.24) is 5.32 Å². The Hall–Kier alpha value is -0.380. The molecule has 92 valence electrons. The molecule has 1 aromatic rings. The van der Waals surface area contributed by atoms with E-state index in [-0.39, 0.29) is 11.5 Å². The third-order valence-corrected chi connectivity index (χ3v) is 3.74. The molecular weight excluding hydrogens is 218 g/mol. The number of hydrogen-bond donors (Lipinski definition) is 1. The van der Waals surface area contributed by atoms with Crippen molar-refractivity contribution >= 4 is 11.3 Å². The Morgan fingerprint density at radius 1 is 1.44 bits per heavy atom. The summed E-state index contributed by atoms with van der Waals surface area (Å²) < 4.78 is 5.66. The molecule has 0 aliphatic carbocycles. The number of ether oxygens (including phenoxy) is 1. The summed E-state index contributed by atoms with van der Waals surface area (Å²) in [6, 6.07) is 4.65. The topological polar surface area (TPSA) is 21.3 Å². The van der Waals surface area contributed by atoms with Crippen molar-refractivity contribution in [3.63, 3.8) is 0 Å². The number of likely N-dealkylation sites (N-methyl/N-ethyl adjacent to an activating group) is 1. The minimum absolute atomic E-state index is 0.152. The van der Waals surface area contributed by atoms with Gasteiger partial charge in [0.15, 0.2) is 0 Å². The van der Waals surface area contributed by atoms with E-state index in [0.717, 1.165) is 6.42 Å². The van der Waals surface area contributed by atoms with E-state index in [1.807, 2.05) is 18.4 Å². The maximum atomic E-state index is 5.66. The molecule has 0 aliphatic heterocycles. The standard InChI is InChI=1S/C13H23NOS/c1-13(2,3)12(15-5)11(14-4)9-10-7-6-8-16-10/h6-8,11-12,14H,9H2,1-5H3. The van der Waals surface area contributed by atoms with Crippen LogP contribution in [0.2, 0.25) is 0 Å². The van der Waals surface area contributed by atoms with E-state index < -0.39 is 0 Å². The molecule has 2 nitrogen and oxygen atoms in total. The van der Waals surface area contributed by atoms with Gasteiger partial charge in [-0.2, -0.15) is 0 Å². The van der Waals surface area contributed by atoms with Crippen molar-refractivity contribution in [3.05, 3.63) is 22.4 Å². The average molecular weight is 241 g/mol. The minimum atomic E-state index is 0.152. The monoisotopic (exact) mass is 241 g/mol. The third-order valence-electron chi connectivity index (χ3n) is 2.84. The zero-order chi connectivity index (χ0) is 12.2. The Balaban J connectivity index is 2.72. The van der Waals surface area contributed by atoms with Crippen molar-refractivity contribution in [2.45, 2.75) is 39.3 Å². The molecule has 0 spiro atoms. The van der Waals surface area contributed by atoms with Crippen molar-refractivity contribution in [2.75, 3.05) is 14.2 Å². The van der Waals surface area contributed by atoms with Crippen LogP contribution < -0.4 is 5.32 Å². The first kappa shape index (κ1) is 13.7. The molecule has 3 heteroatoms. The molecule has 1 rings (SSSR count). The number of methoxy groups -OCH3 is 1. The number of thiophene rings is 1. The van der Waals surface area contributed by atoms with Crippen LogP contribution in [0.5, 0.6) is 0 Å². The molecule has 0 aliphatic rings. The lowest BCUT2D eigenvalue weighted by molar-refractivity contribution is -0.00903. The molecule has 0 saturated carbocycles. The smallest absolute Gasteiger partial charge is 0.0775 e. The minimum Gasteiger partial charge on any atom is -0.379 e. The largest absolute Gasteiger partial charge is 0.379 e. The first-order chi connectivity index (χ1) is 7.49. The Labute approximate surface area is 103 Å². The molecule has 0 amide bonds. The molecule has 0 aromatic carbocycles. The van der Waals surface area contributed by atoms with Gasteiger partial charge in [-0.15, -0.1) is 11.3 Å². The second-order valence-corrected chi connectivity index (χ2v) is 6.23. The van der Waals surface area contributed by atoms with Crippen molar-refractivity contribution in [2.24, 2.45) is 5.41 Å². The summed E-state index contributed by atoms with van der Waals surface area (Å²) in [6.07, 6.45) is 1.25. The summed E-state index contributed by atoms with van der Waals surface area (Å²) in [5.41, 5.74) is 0.152. The number of nitrogens with one attached hydrogen (secondary N) is 1. The molecule has 0 fully saturated rings. The van der Waals surface area contributed by atoms with Gasteiger partial charge in [-0.1, -0.05) is 26.8 Å². The molecule has 2 atom stereocenters. The van der Waals surface area contributed by atoms with Crippen LogP contribution in [0, 0.1) is 5.41 Å². The molecule has 1 heterocycles. The molecular formula is C13H23NOS. The molecule has 1 N–H and O–H groups in total. The van der Waals surface area contributed by atoms with E-state index in [0.29, 0.717) is 6.04 Å². The van der Waals surface area contributed by atoms with E-state index in [2.05, 4.69) is 43.6 Å². The lowest BCUT2D eigenvalue weighted by atomic mass is 9.83. The molecule has 16 heavy (non-hydrogen) atoms. The van der Waals surface area contributed by atoms with Crippen LogP contribution in [-0.4, -0.2) is 26.3 Å². The van der Waals surface area contributed by atoms with Gasteiger partial charge in [0.1, 0.15) is 0 Å². The van der Waals surface area contributed by atoms with Crippen molar-refractivity contribution in [1.29, 1.82) is 0 Å². The van der Waals surface area contributed by atoms with Crippen LogP contribution in [0.1, 0.15) is 25.6 Å². The van der Waals surface area contributed by atoms with E-state index in [1.54, 1.807) is 7.11 Å². The zero-order valence-corrected chi connectivity index (χ0v) is 11.7. The Kier molecular flexibility index (Phi) is 4.96. The highest BCUT2D eigenvalue weighted by Crippen LogP contribution is 2.26. The normalized spacial score (nSPS) is 16.1. The van der Waals surface area contributed by atoms with Gasteiger partial charge in [0.2, 0.25) is 0 Å². The summed E-state index contributed by atoms with van der Waals surface area (Å²) in [6.45, 7) is 6.67. The average Bonchev–Trinajstić information content (AvgIpc) is 2.67. The van der Waals surface area contributed by atoms with Crippen LogP contribution in [-0.2, 0) is 11.2 Å². The number of rotatable bonds is 5. The maximum Gasteiger partial charge on any atom is 0.0775 e. The molecule has 1 aromatic heterocycles. The second kappa shape index (κ2) is 5.80. The third kappa shape index (κ3) is 3.58. The van der Waals surface area contributed by atoms with Crippen molar-refractivity contribution in [3.8, 4) is 0 Å². The second-order valence-electron chi connectivity index (χ2n) is 5.20. The molecule has 0 radical (unpaired) electrons. The van der Waals surface area contributed by atoms with E-state index in [9.17, 15) is 0 Å². The quantitative estimate of drug-likeness (QED) is 0.856. The summed E-state index contributed by atoms with van der Waals surface area (Å²) in [7, 11) is 3.81. The zero-order valence-electron chi connectivity index (χ0n) is 10.9. The van der Waals surface area contributed by atoms with E-state index >= 15 is 0 Å². The predicted octanol–water partition coefficient (Wildman–Crippen LogP) is 2.94. The highest BCUT2D eigenvalue weighted by molar-refractivity contribution is 7.09. The summed E-state index contributed by atoms with van der Waals surface area (Å²) in [4.78, 5) is 1.41. The fraction of sp³-hybridized carbons (Fsp3) is 0.692. The van der Waals surface area contributed by atoms with Crippen LogP contribution in [0.15, 0.2) is 17.5 Å². The van der Waals surface area contributed by atoms with Gasteiger partial charge in [-0.3, -0.25) is 0 Å². The van der Waals surface area contributed by atoms with E-state index in [1.165, 1.54) is 4.88 Å². The molecule has 0 bridgehead atoms. The van der Waals surface area contributed by atoms with Crippen LogP contribution in [0.3, 0.4) is 0 Å². The fourth-order valence-electron chi connectivity index (χ4n) is 2.13. The van der Waals surface area contributed by atoms with Gasteiger partial charge in [-0.25, -0.2) is 0 Å². The van der Waals surface area contributed by atoms with Gasteiger partial charge >= 0.3 is 0 Å². The van der Waals surface area contributed by atoms with Crippen molar-refractivity contribution < 1.29 is 4.74 Å². The fourth-order valence-corrected chi connectivity index (χ4v) is 2.89. The SMILES string of the molecule is CNC(Cc1cccs1)C(OC)C(C)(C)C. The van der Waals surface area contributed by atoms with E-state index in [4.69, 9.17) is 4.74 Å². The lowest BCUT2D eigenvalue weighted by Crippen LogP contribution is -2.47. The summed E-state index contributed by atoms with van der Waals surface area (Å²) >= 11 is 1.81. The summed E-state index contributed by atoms with van der Waals surface area (Å²) in [5, 5.41) is 5.51. The van der Waals surface area contributed by atoms with Gasteiger partial charge in [0, 0.05) is 18.0 Å². The van der Waals surface area contributed by atoms with Gasteiger partial charge in [-0.05, 0) is 30.3 Å². The van der Waals surface area contributed by atoms with Gasteiger partial charge in [0.05, 0.1) is 6.10 Å². The van der Waals surface area contributed by atoms with Gasteiger partial charge < -0.3 is 10.1 Å². The number of hydrogen-bond acceptors (Lipinski definition) is 3.